The second-order valence-electron chi connectivity index (χ2n) is 7.03. The minimum atomic E-state index is -0.0432. The van der Waals surface area contributed by atoms with Crippen LogP contribution in [0.5, 0.6) is 5.75 Å². The lowest BCUT2D eigenvalue weighted by molar-refractivity contribution is -0.134. The van der Waals surface area contributed by atoms with Gasteiger partial charge in [-0.15, -0.1) is 0 Å². The lowest BCUT2D eigenvalue weighted by atomic mass is 10.1. The van der Waals surface area contributed by atoms with Gasteiger partial charge in [0.2, 0.25) is 0 Å². The highest BCUT2D eigenvalue weighted by atomic mass is 16.5. The molecule has 1 saturated heterocycles. The van der Waals surface area contributed by atoms with E-state index in [4.69, 9.17) is 4.74 Å². The molecule has 27 heavy (non-hydrogen) atoms. The molecule has 0 spiro atoms. The average Bonchev–Trinajstić information content (AvgIpc) is 2.69. The molecule has 1 aliphatic rings. The second-order valence-corrected chi connectivity index (χ2v) is 7.03. The van der Waals surface area contributed by atoms with Gasteiger partial charge in [-0.25, -0.2) is 0 Å². The molecule has 142 valence electrons. The highest BCUT2D eigenvalue weighted by Crippen LogP contribution is 2.20. The highest BCUT2D eigenvalue weighted by molar-refractivity contribution is 5.94. The summed E-state index contributed by atoms with van der Waals surface area (Å²) in [6.45, 7) is 8.19. The summed E-state index contributed by atoms with van der Waals surface area (Å²) >= 11 is 0. The van der Waals surface area contributed by atoms with Crippen LogP contribution in [-0.4, -0.2) is 54.4 Å². The fraction of sp³-hybridized carbons (Fsp3) is 0.364. The zero-order valence-electron chi connectivity index (χ0n) is 16.2. The van der Waals surface area contributed by atoms with Gasteiger partial charge in [0, 0.05) is 31.7 Å². The third-order valence-corrected chi connectivity index (χ3v) is 5.12. The molecule has 0 aromatic heterocycles. The minimum absolute atomic E-state index is 0.0220. The van der Waals surface area contributed by atoms with Crippen molar-refractivity contribution in [3.05, 3.63) is 64.7 Å². The lowest BCUT2D eigenvalue weighted by Crippen LogP contribution is -2.51. The summed E-state index contributed by atoms with van der Waals surface area (Å²) in [4.78, 5) is 28.6. The summed E-state index contributed by atoms with van der Waals surface area (Å²) in [6, 6.07) is 13.4. The Labute approximate surface area is 160 Å². The second kappa shape index (κ2) is 8.25. The first kappa shape index (κ1) is 19.0. The first-order valence-electron chi connectivity index (χ1n) is 9.28. The molecule has 0 atom stereocenters. The van der Waals surface area contributed by atoms with Crippen LogP contribution in [0.15, 0.2) is 42.5 Å². The van der Waals surface area contributed by atoms with Crippen LogP contribution in [0.1, 0.15) is 27.0 Å². The standard InChI is InChI=1S/C22H26N2O3/c1-16-7-9-19(10-8-16)22(26)24-13-11-23(12-14-24)21(25)15-27-20-6-4-5-17(2)18(20)3/h4-10H,11-15H2,1-3H3. The Morgan fingerprint density at radius 3 is 2.19 bits per heavy atom. The van der Waals surface area contributed by atoms with E-state index >= 15 is 0 Å². The molecule has 0 saturated carbocycles. The first-order chi connectivity index (χ1) is 13.0. The van der Waals surface area contributed by atoms with Crippen molar-refractivity contribution in [1.82, 2.24) is 9.80 Å². The molecule has 1 fully saturated rings. The van der Waals surface area contributed by atoms with Gasteiger partial charge >= 0.3 is 0 Å². The molecule has 0 bridgehead atoms. The minimum Gasteiger partial charge on any atom is -0.483 e. The number of amides is 2. The van der Waals surface area contributed by atoms with E-state index in [0.29, 0.717) is 31.7 Å². The average molecular weight is 366 g/mol. The maximum atomic E-state index is 12.6. The van der Waals surface area contributed by atoms with Crippen molar-refractivity contribution in [1.29, 1.82) is 0 Å². The van der Waals surface area contributed by atoms with Crippen molar-refractivity contribution in [2.45, 2.75) is 20.8 Å². The van der Waals surface area contributed by atoms with E-state index in [1.165, 1.54) is 0 Å². The number of ether oxygens (including phenoxy) is 1. The van der Waals surface area contributed by atoms with Crippen LogP contribution in [0.25, 0.3) is 0 Å². The van der Waals surface area contributed by atoms with Crippen molar-refractivity contribution in [3.63, 3.8) is 0 Å². The molecular weight excluding hydrogens is 340 g/mol. The highest BCUT2D eigenvalue weighted by Gasteiger charge is 2.25. The molecule has 2 aromatic carbocycles. The third kappa shape index (κ3) is 4.48. The van der Waals surface area contributed by atoms with Crippen molar-refractivity contribution >= 4 is 11.8 Å². The normalized spacial score (nSPS) is 14.2. The number of hydrogen-bond acceptors (Lipinski definition) is 3. The number of benzene rings is 2. The molecule has 5 heteroatoms. The number of aryl methyl sites for hydroxylation is 2. The van der Waals surface area contributed by atoms with E-state index in [-0.39, 0.29) is 18.4 Å². The number of carbonyl (C=O) groups is 2. The Morgan fingerprint density at radius 2 is 1.52 bits per heavy atom. The third-order valence-electron chi connectivity index (χ3n) is 5.12. The van der Waals surface area contributed by atoms with E-state index < -0.39 is 0 Å². The molecule has 1 heterocycles. The summed E-state index contributed by atoms with van der Waals surface area (Å²) in [5.41, 5.74) is 4.02. The Morgan fingerprint density at radius 1 is 0.889 bits per heavy atom. The summed E-state index contributed by atoms with van der Waals surface area (Å²) in [5, 5.41) is 0. The summed E-state index contributed by atoms with van der Waals surface area (Å²) in [5.74, 6) is 0.726. The number of hydrogen-bond donors (Lipinski definition) is 0. The molecule has 0 radical (unpaired) electrons. The van der Waals surface area contributed by atoms with E-state index in [9.17, 15) is 9.59 Å². The maximum absolute atomic E-state index is 12.6. The number of rotatable bonds is 4. The van der Waals surface area contributed by atoms with Crippen molar-refractivity contribution < 1.29 is 14.3 Å². The van der Waals surface area contributed by atoms with E-state index in [1.54, 1.807) is 9.80 Å². The first-order valence-corrected chi connectivity index (χ1v) is 9.28. The predicted octanol–water partition coefficient (Wildman–Crippen LogP) is 2.98. The predicted molar refractivity (Wildman–Crippen MR) is 105 cm³/mol. The van der Waals surface area contributed by atoms with Crippen LogP contribution >= 0.6 is 0 Å². The molecule has 0 unspecified atom stereocenters. The van der Waals surface area contributed by atoms with Crippen LogP contribution in [0, 0.1) is 20.8 Å². The van der Waals surface area contributed by atoms with Gasteiger partial charge in [-0.1, -0.05) is 29.8 Å². The Bertz CT molecular complexity index is 822. The van der Waals surface area contributed by atoms with E-state index in [0.717, 1.165) is 22.4 Å². The lowest BCUT2D eigenvalue weighted by Gasteiger charge is -2.34. The summed E-state index contributed by atoms with van der Waals surface area (Å²) in [7, 11) is 0. The zero-order chi connectivity index (χ0) is 19.4. The fourth-order valence-electron chi connectivity index (χ4n) is 3.15. The smallest absolute Gasteiger partial charge is 0.260 e. The molecule has 2 aromatic rings. The van der Waals surface area contributed by atoms with Crippen LogP contribution in [0.2, 0.25) is 0 Å². The van der Waals surface area contributed by atoms with Crippen LogP contribution < -0.4 is 4.74 Å². The molecule has 2 amide bonds. The molecule has 0 aliphatic carbocycles. The SMILES string of the molecule is Cc1ccc(C(=O)N2CCN(C(=O)COc3cccc(C)c3C)CC2)cc1. The van der Waals surface area contributed by atoms with Gasteiger partial charge in [0.1, 0.15) is 5.75 Å². The molecule has 5 nitrogen and oxygen atoms in total. The van der Waals surface area contributed by atoms with Gasteiger partial charge in [0.15, 0.2) is 6.61 Å². The molecule has 0 N–H and O–H groups in total. The quantitative estimate of drug-likeness (QED) is 0.836. The van der Waals surface area contributed by atoms with Crippen LogP contribution in [0.3, 0.4) is 0 Å². The summed E-state index contributed by atoms with van der Waals surface area (Å²) in [6.07, 6.45) is 0. The molecule has 1 aliphatic heterocycles. The van der Waals surface area contributed by atoms with Crippen LogP contribution in [-0.2, 0) is 4.79 Å². The van der Waals surface area contributed by atoms with Gasteiger partial charge in [-0.2, -0.15) is 0 Å². The monoisotopic (exact) mass is 366 g/mol. The topological polar surface area (TPSA) is 49.9 Å². The summed E-state index contributed by atoms with van der Waals surface area (Å²) < 4.78 is 5.72. The molecule has 3 rings (SSSR count). The Hall–Kier alpha value is -2.82. The van der Waals surface area contributed by atoms with Crippen LogP contribution in [0.4, 0.5) is 0 Å². The van der Waals surface area contributed by atoms with Gasteiger partial charge in [0.25, 0.3) is 11.8 Å². The van der Waals surface area contributed by atoms with Gasteiger partial charge in [0.05, 0.1) is 0 Å². The number of carbonyl (C=O) groups excluding carboxylic acids is 2. The Kier molecular flexibility index (Phi) is 5.79. The van der Waals surface area contributed by atoms with Gasteiger partial charge < -0.3 is 14.5 Å². The van der Waals surface area contributed by atoms with Crippen molar-refractivity contribution in [2.75, 3.05) is 32.8 Å². The van der Waals surface area contributed by atoms with E-state index in [2.05, 4.69) is 0 Å². The van der Waals surface area contributed by atoms with Crippen molar-refractivity contribution in [3.8, 4) is 5.75 Å². The van der Waals surface area contributed by atoms with E-state index in [1.807, 2.05) is 63.2 Å². The fourth-order valence-corrected chi connectivity index (χ4v) is 3.15. The van der Waals surface area contributed by atoms with Gasteiger partial charge in [-0.05, 0) is 50.1 Å². The molecular formula is C22H26N2O3. The largest absolute Gasteiger partial charge is 0.483 e. The van der Waals surface area contributed by atoms with Crippen molar-refractivity contribution in [2.24, 2.45) is 0 Å². The maximum Gasteiger partial charge on any atom is 0.260 e. The van der Waals surface area contributed by atoms with Gasteiger partial charge in [-0.3, -0.25) is 9.59 Å². The zero-order valence-corrected chi connectivity index (χ0v) is 16.2. The Balaban J connectivity index is 1.51. The number of nitrogens with zero attached hydrogens (tertiary/aromatic N) is 2. The number of piperazine rings is 1.